The highest BCUT2D eigenvalue weighted by molar-refractivity contribution is 5.93. The van der Waals surface area contributed by atoms with Crippen LogP contribution in [0, 0.1) is 5.41 Å². The maximum Gasteiger partial charge on any atom is 0.374 e. The third-order valence-electron chi connectivity index (χ3n) is 4.10. The molecule has 1 aliphatic rings. The molecule has 1 unspecified atom stereocenters. The summed E-state index contributed by atoms with van der Waals surface area (Å²) < 4.78 is 0. The van der Waals surface area contributed by atoms with Crippen LogP contribution >= 0.6 is 0 Å². The molecule has 2 N–H and O–H groups in total. The predicted molar refractivity (Wildman–Crippen MR) is 81.5 cm³/mol. The summed E-state index contributed by atoms with van der Waals surface area (Å²) in [6.45, 7) is 4.52. The number of carbonyl (C=O) groups is 1. The Hall–Kier alpha value is -2.17. The SMILES string of the molecule is CC1(C)CCC(Nc2nc(C(=O)O)nc3ccccc23)C1. The third-order valence-corrected chi connectivity index (χ3v) is 4.10. The van der Waals surface area contributed by atoms with Crippen LogP contribution in [0.5, 0.6) is 0 Å². The van der Waals surface area contributed by atoms with Crippen LogP contribution < -0.4 is 5.32 Å². The molecule has 0 radical (unpaired) electrons. The van der Waals surface area contributed by atoms with Crippen LogP contribution in [-0.2, 0) is 0 Å². The first-order chi connectivity index (χ1) is 9.94. The molecule has 0 aliphatic heterocycles. The number of hydrogen-bond acceptors (Lipinski definition) is 4. The molecule has 1 aromatic carbocycles. The lowest BCUT2D eigenvalue weighted by Gasteiger charge is -2.19. The second-order valence-electron chi connectivity index (χ2n) is 6.47. The highest BCUT2D eigenvalue weighted by atomic mass is 16.4. The van der Waals surface area contributed by atoms with Gasteiger partial charge >= 0.3 is 5.97 Å². The minimum absolute atomic E-state index is 0.159. The molecule has 21 heavy (non-hydrogen) atoms. The summed E-state index contributed by atoms with van der Waals surface area (Å²) >= 11 is 0. The molecule has 1 aromatic heterocycles. The molecular weight excluding hydrogens is 266 g/mol. The predicted octanol–water partition coefficient (Wildman–Crippen LogP) is 3.32. The van der Waals surface area contributed by atoms with Crippen molar-refractivity contribution >= 4 is 22.7 Å². The molecule has 110 valence electrons. The molecule has 1 heterocycles. The van der Waals surface area contributed by atoms with E-state index in [0.717, 1.165) is 18.2 Å². The fourth-order valence-corrected chi connectivity index (χ4v) is 3.03. The van der Waals surface area contributed by atoms with Gasteiger partial charge < -0.3 is 10.4 Å². The van der Waals surface area contributed by atoms with Gasteiger partial charge in [-0.2, -0.15) is 0 Å². The van der Waals surface area contributed by atoms with Crippen LogP contribution in [-0.4, -0.2) is 27.1 Å². The summed E-state index contributed by atoms with van der Waals surface area (Å²) in [5, 5.41) is 13.4. The van der Waals surface area contributed by atoms with Crippen LogP contribution in [0.15, 0.2) is 24.3 Å². The van der Waals surface area contributed by atoms with Crippen LogP contribution in [0.1, 0.15) is 43.7 Å². The van der Waals surface area contributed by atoms with Crippen molar-refractivity contribution in [2.45, 2.75) is 39.2 Å². The van der Waals surface area contributed by atoms with E-state index in [1.54, 1.807) is 0 Å². The fraction of sp³-hybridized carbons (Fsp3) is 0.438. The number of aromatic nitrogens is 2. The summed E-state index contributed by atoms with van der Waals surface area (Å²) in [6, 6.07) is 7.83. The van der Waals surface area contributed by atoms with Gasteiger partial charge in [0, 0.05) is 11.4 Å². The Morgan fingerprint density at radius 1 is 1.33 bits per heavy atom. The highest BCUT2D eigenvalue weighted by Crippen LogP contribution is 2.38. The molecule has 1 fully saturated rings. The molecule has 0 saturated heterocycles. The maximum absolute atomic E-state index is 11.2. The summed E-state index contributed by atoms with van der Waals surface area (Å²) in [7, 11) is 0. The maximum atomic E-state index is 11.2. The molecule has 5 heteroatoms. The third kappa shape index (κ3) is 2.82. The van der Waals surface area contributed by atoms with Crippen molar-refractivity contribution in [3.63, 3.8) is 0 Å². The Balaban J connectivity index is 1.98. The minimum atomic E-state index is -1.10. The van der Waals surface area contributed by atoms with Crippen molar-refractivity contribution < 1.29 is 9.90 Å². The zero-order valence-corrected chi connectivity index (χ0v) is 12.3. The van der Waals surface area contributed by atoms with Gasteiger partial charge in [-0.15, -0.1) is 0 Å². The normalized spacial score (nSPS) is 20.6. The number of aromatic carboxylic acids is 1. The highest BCUT2D eigenvalue weighted by Gasteiger charge is 2.31. The van der Waals surface area contributed by atoms with Gasteiger partial charge in [0.05, 0.1) is 5.52 Å². The zero-order chi connectivity index (χ0) is 15.0. The van der Waals surface area contributed by atoms with E-state index in [-0.39, 0.29) is 5.82 Å². The van der Waals surface area contributed by atoms with Gasteiger partial charge in [0.2, 0.25) is 5.82 Å². The number of para-hydroxylation sites is 1. The van der Waals surface area contributed by atoms with Gasteiger partial charge in [-0.1, -0.05) is 26.0 Å². The number of nitrogens with one attached hydrogen (secondary N) is 1. The van der Waals surface area contributed by atoms with E-state index in [2.05, 4.69) is 29.1 Å². The smallest absolute Gasteiger partial charge is 0.374 e. The molecular formula is C16H19N3O2. The van der Waals surface area contributed by atoms with Gasteiger partial charge in [0.25, 0.3) is 0 Å². The van der Waals surface area contributed by atoms with Gasteiger partial charge in [0.15, 0.2) is 0 Å². The Bertz CT molecular complexity index is 697. The molecule has 5 nitrogen and oxygen atoms in total. The number of carboxylic acids is 1. The van der Waals surface area contributed by atoms with Gasteiger partial charge in [-0.25, -0.2) is 14.8 Å². The Kier molecular flexibility index (Phi) is 3.27. The summed E-state index contributed by atoms with van der Waals surface area (Å²) in [4.78, 5) is 19.5. The second-order valence-corrected chi connectivity index (χ2v) is 6.47. The van der Waals surface area contributed by atoms with Crippen LogP contribution in [0.25, 0.3) is 10.9 Å². The number of fused-ring (bicyclic) bond motifs is 1. The molecule has 1 aliphatic carbocycles. The lowest BCUT2D eigenvalue weighted by atomic mass is 9.92. The lowest BCUT2D eigenvalue weighted by Crippen LogP contribution is -2.19. The topological polar surface area (TPSA) is 75.1 Å². The van der Waals surface area contributed by atoms with Crippen molar-refractivity contribution in [1.82, 2.24) is 9.97 Å². The van der Waals surface area contributed by atoms with E-state index in [9.17, 15) is 4.79 Å². The van der Waals surface area contributed by atoms with Crippen molar-refractivity contribution in [3.8, 4) is 0 Å². The number of carboxylic acid groups (broad SMARTS) is 1. The lowest BCUT2D eigenvalue weighted by molar-refractivity contribution is 0.0684. The quantitative estimate of drug-likeness (QED) is 0.904. The van der Waals surface area contributed by atoms with Crippen LogP contribution in [0.2, 0.25) is 0 Å². The van der Waals surface area contributed by atoms with Crippen molar-refractivity contribution in [2.24, 2.45) is 5.41 Å². The van der Waals surface area contributed by atoms with Crippen molar-refractivity contribution in [1.29, 1.82) is 0 Å². The molecule has 2 aromatic rings. The van der Waals surface area contributed by atoms with E-state index in [0.29, 0.717) is 22.8 Å². The van der Waals surface area contributed by atoms with E-state index < -0.39 is 5.97 Å². The van der Waals surface area contributed by atoms with E-state index in [1.807, 2.05) is 24.3 Å². The Labute approximate surface area is 123 Å². The van der Waals surface area contributed by atoms with Crippen LogP contribution in [0.4, 0.5) is 5.82 Å². The first kappa shape index (κ1) is 13.8. The first-order valence-corrected chi connectivity index (χ1v) is 7.21. The van der Waals surface area contributed by atoms with Crippen molar-refractivity contribution in [2.75, 3.05) is 5.32 Å². The fourth-order valence-electron chi connectivity index (χ4n) is 3.03. The molecule has 3 rings (SSSR count). The van der Waals surface area contributed by atoms with E-state index >= 15 is 0 Å². The van der Waals surface area contributed by atoms with Gasteiger partial charge in [-0.05, 0) is 36.8 Å². The largest absolute Gasteiger partial charge is 0.475 e. The van der Waals surface area contributed by atoms with E-state index in [1.165, 1.54) is 6.42 Å². The number of benzene rings is 1. The summed E-state index contributed by atoms with van der Waals surface area (Å²) in [5.41, 5.74) is 0.987. The number of nitrogens with zero attached hydrogens (tertiary/aromatic N) is 2. The summed E-state index contributed by atoms with van der Waals surface area (Å²) in [5.74, 6) is -0.635. The van der Waals surface area contributed by atoms with Crippen LogP contribution in [0.3, 0.4) is 0 Å². The van der Waals surface area contributed by atoms with Crippen molar-refractivity contribution in [3.05, 3.63) is 30.1 Å². The Morgan fingerprint density at radius 3 is 2.76 bits per heavy atom. The number of hydrogen-bond donors (Lipinski definition) is 2. The standard InChI is InChI=1S/C16H19N3O2/c1-16(2)8-7-10(9-16)17-13-11-5-3-4-6-12(11)18-14(19-13)15(20)21/h3-6,10H,7-9H2,1-2H3,(H,20,21)(H,17,18,19). The second kappa shape index (κ2) is 4.98. The van der Waals surface area contributed by atoms with Gasteiger partial charge in [-0.3, -0.25) is 0 Å². The molecule has 1 saturated carbocycles. The molecule has 0 amide bonds. The zero-order valence-electron chi connectivity index (χ0n) is 12.3. The number of anilines is 1. The molecule has 0 bridgehead atoms. The average Bonchev–Trinajstić information content (AvgIpc) is 2.77. The molecule has 0 spiro atoms. The van der Waals surface area contributed by atoms with Gasteiger partial charge in [0.1, 0.15) is 5.82 Å². The monoisotopic (exact) mass is 285 g/mol. The average molecular weight is 285 g/mol. The first-order valence-electron chi connectivity index (χ1n) is 7.21. The van der Waals surface area contributed by atoms with E-state index in [4.69, 9.17) is 5.11 Å². The summed E-state index contributed by atoms with van der Waals surface area (Å²) in [6.07, 6.45) is 3.31. The minimum Gasteiger partial charge on any atom is -0.475 e. The number of rotatable bonds is 3. The molecule has 1 atom stereocenters. The Morgan fingerprint density at radius 2 is 2.10 bits per heavy atom.